The normalized spacial score (nSPS) is 19.1. The van der Waals surface area contributed by atoms with E-state index < -0.39 is 0 Å². The van der Waals surface area contributed by atoms with Crippen molar-refractivity contribution in [2.75, 3.05) is 13.1 Å². The van der Waals surface area contributed by atoms with Gasteiger partial charge in [0, 0.05) is 24.4 Å². The van der Waals surface area contributed by atoms with Gasteiger partial charge in [-0.2, -0.15) is 9.61 Å². The molecule has 7 heteroatoms. The van der Waals surface area contributed by atoms with Gasteiger partial charge in [-0.3, -0.25) is 4.90 Å². The standard InChI is InChI=1S/C19H24N6O/c1-13-6-7-18-20-21-19(25(18)22-13)14-8-10-24(11-9-14)12-16-15-4-2-3-5-17(15)26-23-16/h6-7,14H,2-5,8-12H2,1H3. The molecule has 2 aliphatic rings. The van der Waals surface area contributed by atoms with Gasteiger partial charge in [0.2, 0.25) is 0 Å². The molecule has 0 radical (unpaired) electrons. The molecule has 0 amide bonds. The van der Waals surface area contributed by atoms with Crippen LogP contribution in [0.5, 0.6) is 0 Å². The largest absolute Gasteiger partial charge is 0.361 e. The second-order valence-corrected chi connectivity index (χ2v) is 7.59. The summed E-state index contributed by atoms with van der Waals surface area (Å²) in [6.45, 7) is 5.01. The minimum atomic E-state index is 0.418. The fourth-order valence-corrected chi connectivity index (χ4v) is 4.29. The lowest BCUT2D eigenvalue weighted by atomic mass is 9.94. The molecular weight excluding hydrogens is 328 g/mol. The number of fused-ring (bicyclic) bond motifs is 2. The number of nitrogens with zero attached hydrogens (tertiary/aromatic N) is 6. The predicted octanol–water partition coefficient (Wildman–Crippen LogP) is 2.68. The van der Waals surface area contributed by atoms with Crippen LogP contribution in [0, 0.1) is 6.92 Å². The first-order chi connectivity index (χ1) is 12.8. The molecule has 4 heterocycles. The van der Waals surface area contributed by atoms with Crippen molar-refractivity contribution >= 4 is 5.65 Å². The molecule has 1 fully saturated rings. The molecular formula is C19H24N6O. The quantitative estimate of drug-likeness (QED) is 0.722. The summed E-state index contributed by atoms with van der Waals surface area (Å²) in [5.74, 6) is 2.54. The minimum absolute atomic E-state index is 0.418. The molecule has 26 heavy (non-hydrogen) atoms. The maximum atomic E-state index is 5.56. The smallest absolute Gasteiger partial charge is 0.177 e. The first-order valence-electron chi connectivity index (χ1n) is 9.65. The summed E-state index contributed by atoms with van der Waals surface area (Å²) in [5, 5.41) is 17.7. The third kappa shape index (κ3) is 2.80. The number of rotatable bonds is 3. The molecule has 5 rings (SSSR count). The van der Waals surface area contributed by atoms with Gasteiger partial charge in [-0.1, -0.05) is 5.16 Å². The summed E-state index contributed by atoms with van der Waals surface area (Å²) in [6, 6.07) is 3.97. The van der Waals surface area contributed by atoms with E-state index in [1.807, 2.05) is 23.6 Å². The lowest BCUT2D eigenvalue weighted by Crippen LogP contribution is -2.33. The summed E-state index contributed by atoms with van der Waals surface area (Å²) in [4.78, 5) is 2.49. The van der Waals surface area contributed by atoms with E-state index in [1.54, 1.807) is 0 Å². The Morgan fingerprint density at radius 3 is 2.85 bits per heavy atom. The van der Waals surface area contributed by atoms with Crippen molar-refractivity contribution in [3.05, 3.63) is 40.7 Å². The average molecular weight is 352 g/mol. The van der Waals surface area contributed by atoms with Crippen LogP contribution < -0.4 is 0 Å². The van der Waals surface area contributed by atoms with Crippen LogP contribution in [-0.4, -0.2) is 43.0 Å². The zero-order valence-electron chi connectivity index (χ0n) is 15.2. The highest BCUT2D eigenvalue weighted by Gasteiger charge is 2.27. The highest BCUT2D eigenvalue weighted by atomic mass is 16.5. The Bertz CT molecular complexity index is 921. The molecule has 0 bridgehead atoms. The lowest BCUT2D eigenvalue weighted by molar-refractivity contribution is 0.195. The van der Waals surface area contributed by atoms with Crippen LogP contribution in [0.25, 0.3) is 5.65 Å². The zero-order chi connectivity index (χ0) is 17.5. The summed E-state index contributed by atoms with van der Waals surface area (Å²) >= 11 is 0. The Morgan fingerprint density at radius 2 is 1.96 bits per heavy atom. The highest BCUT2D eigenvalue weighted by Crippen LogP contribution is 2.29. The highest BCUT2D eigenvalue weighted by molar-refractivity contribution is 5.36. The van der Waals surface area contributed by atoms with E-state index in [0.29, 0.717) is 5.92 Å². The van der Waals surface area contributed by atoms with E-state index in [9.17, 15) is 0 Å². The Labute approximate surface area is 152 Å². The van der Waals surface area contributed by atoms with Crippen molar-refractivity contribution in [1.29, 1.82) is 0 Å². The van der Waals surface area contributed by atoms with E-state index in [2.05, 4.69) is 25.4 Å². The van der Waals surface area contributed by atoms with E-state index in [1.165, 1.54) is 18.4 Å². The Hall–Kier alpha value is -2.28. The molecule has 0 atom stereocenters. The van der Waals surface area contributed by atoms with Crippen LogP contribution in [0.15, 0.2) is 16.7 Å². The molecule has 1 saturated heterocycles. The number of piperidine rings is 1. The van der Waals surface area contributed by atoms with E-state index in [-0.39, 0.29) is 0 Å². The van der Waals surface area contributed by atoms with Gasteiger partial charge in [0.25, 0.3) is 0 Å². The molecule has 3 aromatic heterocycles. The fourth-order valence-electron chi connectivity index (χ4n) is 4.29. The summed E-state index contributed by atoms with van der Waals surface area (Å²) < 4.78 is 7.48. The number of aromatic nitrogens is 5. The Balaban J connectivity index is 1.27. The topological polar surface area (TPSA) is 72.4 Å². The average Bonchev–Trinajstić information content (AvgIpc) is 3.27. The lowest BCUT2D eigenvalue weighted by Gasteiger charge is -2.30. The zero-order valence-corrected chi connectivity index (χ0v) is 15.2. The van der Waals surface area contributed by atoms with Crippen LogP contribution in [-0.2, 0) is 19.4 Å². The first kappa shape index (κ1) is 15.9. The molecule has 0 spiro atoms. The Morgan fingerprint density at radius 1 is 1.12 bits per heavy atom. The van der Waals surface area contributed by atoms with Gasteiger partial charge >= 0.3 is 0 Å². The molecule has 136 valence electrons. The minimum Gasteiger partial charge on any atom is -0.361 e. The second-order valence-electron chi connectivity index (χ2n) is 7.59. The van der Waals surface area contributed by atoms with Crippen molar-refractivity contribution < 1.29 is 4.52 Å². The molecule has 3 aromatic rings. The van der Waals surface area contributed by atoms with Gasteiger partial charge in [-0.15, -0.1) is 10.2 Å². The van der Waals surface area contributed by atoms with Crippen LogP contribution >= 0.6 is 0 Å². The Kier molecular flexibility index (Phi) is 3.96. The van der Waals surface area contributed by atoms with Gasteiger partial charge in [0.15, 0.2) is 11.5 Å². The number of aryl methyl sites for hydroxylation is 2. The molecule has 0 N–H and O–H groups in total. The summed E-state index contributed by atoms with van der Waals surface area (Å²) in [7, 11) is 0. The van der Waals surface area contributed by atoms with Gasteiger partial charge in [0.05, 0.1) is 5.69 Å². The number of hydrogen-bond acceptors (Lipinski definition) is 6. The summed E-state index contributed by atoms with van der Waals surface area (Å²) in [5.41, 5.74) is 4.36. The molecule has 7 nitrogen and oxygen atoms in total. The molecule has 0 unspecified atom stereocenters. The van der Waals surface area contributed by atoms with Crippen LogP contribution in [0.2, 0.25) is 0 Å². The summed E-state index contributed by atoms with van der Waals surface area (Å²) in [6.07, 6.45) is 6.83. The van der Waals surface area contributed by atoms with Crippen molar-refractivity contribution in [1.82, 2.24) is 29.9 Å². The van der Waals surface area contributed by atoms with Crippen molar-refractivity contribution in [2.24, 2.45) is 0 Å². The van der Waals surface area contributed by atoms with Crippen molar-refractivity contribution in [2.45, 2.75) is 57.9 Å². The van der Waals surface area contributed by atoms with Gasteiger partial charge in [0.1, 0.15) is 11.5 Å². The second kappa shape index (κ2) is 6.46. The molecule has 1 aliphatic heterocycles. The predicted molar refractivity (Wildman–Crippen MR) is 95.9 cm³/mol. The van der Waals surface area contributed by atoms with Crippen molar-refractivity contribution in [3.63, 3.8) is 0 Å². The van der Waals surface area contributed by atoms with Crippen molar-refractivity contribution in [3.8, 4) is 0 Å². The van der Waals surface area contributed by atoms with Crippen LogP contribution in [0.1, 0.15) is 60.1 Å². The number of likely N-dealkylation sites (tertiary alicyclic amines) is 1. The van der Waals surface area contributed by atoms with Gasteiger partial charge in [-0.25, -0.2) is 0 Å². The maximum Gasteiger partial charge on any atom is 0.177 e. The monoisotopic (exact) mass is 352 g/mol. The first-order valence-corrected chi connectivity index (χ1v) is 9.65. The van der Waals surface area contributed by atoms with Gasteiger partial charge < -0.3 is 4.52 Å². The molecule has 0 aromatic carbocycles. The third-order valence-electron chi connectivity index (χ3n) is 5.78. The fraction of sp³-hybridized carbons (Fsp3) is 0.579. The van der Waals surface area contributed by atoms with E-state index in [0.717, 1.165) is 73.9 Å². The van der Waals surface area contributed by atoms with Crippen LogP contribution in [0.3, 0.4) is 0 Å². The molecule has 1 aliphatic carbocycles. The SMILES string of the molecule is Cc1ccc2nnc(C3CCN(Cc4noc5c4CCCC5)CC3)n2n1. The van der Waals surface area contributed by atoms with E-state index >= 15 is 0 Å². The molecule has 0 saturated carbocycles. The van der Waals surface area contributed by atoms with Crippen LogP contribution in [0.4, 0.5) is 0 Å². The number of hydrogen-bond donors (Lipinski definition) is 0. The maximum absolute atomic E-state index is 5.56. The third-order valence-corrected chi connectivity index (χ3v) is 5.78. The van der Waals surface area contributed by atoms with E-state index in [4.69, 9.17) is 4.52 Å². The van der Waals surface area contributed by atoms with Gasteiger partial charge in [-0.05, 0) is 64.3 Å².